The van der Waals surface area contributed by atoms with Gasteiger partial charge in [-0.25, -0.2) is 0 Å². The topological polar surface area (TPSA) is 41.1 Å². The van der Waals surface area contributed by atoms with Gasteiger partial charge < -0.3 is 0 Å². The van der Waals surface area contributed by atoms with E-state index in [4.69, 9.17) is 0 Å². The summed E-state index contributed by atoms with van der Waals surface area (Å²) < 4.78 is 35.1. The summed E-state index contributed by atoms with van der Waals surface area (Å²) in [5, 5.41) is 0. The van der Waals surface area contributed by atoms with Gasteiger partial charge in [-0.05, 0) is 12.1 Å². The van der Waals surface area contributed by atoms with Crippen molar-refractivity contribution in [3.05, 3.63) is 30.3 Å². The largest absolute Gasteiger partial charge is 0.472 e. The summed E-state index contributed by atoms with van der Waals surface area (Å²) >= 11 is 0. The van der Waals surface area contributed by atoms with Gasteiger partial charge in [-0.2, -0.15) is 13.2 Å². The van der Waals surface area contributed by atoms with Gasteiger partial charge in [0.05, 0.1) is 5.69 Å². The Morgan fingerprint density at radius 3 is 2.29 bits per heavy atom. The van der Waals surface area contributed by atoms with Crippen LogP contribution in [0.5, 0.6) is 0 Å². The number of alkyl halides is 3. The summed E-state index contributed by atoms with van der Waals surface area (Å²) in [6, 6.07) is 8.01. The van der Waals surface area contributed by atoms with E-state index < -0.39 is 12.1 Å². The zero-order valence-electron chi connectivity index (χ0n) is 6.93. The van der Waals surface area contributed by atoms with E-state index in [0.717, 1.165) is 0 Å². The fraction of sp³-hybridized carbons (Fsp3) is 0.125. The van der Waals surface area contributed by atoms with Crippen molar-refractivity contribution in [1.29, 1.82) is 0 Å². The Morgan fingerprint density at radius 1 is 1.21 bits per heavy atom. The van der Waals surface area contributed by atoms with E-state index in [1.807, 2.05) is 0 Å². The molecule has 0 spiro atoms. The average Bonchev–Trinajstić information content (AvgIpc) is 2.14. The lowest BCUT2D eigenvalue weighted by atomic mass is 10.3. The highest BCUT2D eigenvalue weighted by molar-refractivity contribution is 5.82. The number of nitrogens with one attached hydrogen (secondary N) is 2. The second kappa shape index (κ2) is 3.99. The molecule has 6 heteroatoms. The number of carbonyl (C=O) groups is 1. The van der Waals surface area contributed by atoms with Crippen LogP contribution in [-0.2, 0) is 4.79 Å². The van der Waals surface area contributed by atoms with Crippen LogP contribution in [0.4, 0.5) is 18.9 Å². The number of rotatable bonds is 2. The quantitative estimate of drug-likeness (QED) is 0.727. The van der Waals surface area contributed by atoms with Crippen molar-refractivity contribution in [2.75, 3.05) is 5.43 Å². The molecule has 0 aliphatic heterocycles. The first-order chi connectivity index (χ1) is 6.50. The van der Waals surface area contributed by atoms with Crippen LogP contribution in [0.2, 0.25) is 0 Å². The van der Waals surface area contributed by atoms with E-state index in [1.54, 1.807) is 18.2 Å². The highest BCUT2D eigenvalue weighted by atomic mass is 19.4. The Morgan fingerprint density at radius 2 is 1.79 bits per heavy atom. The van der Waals surface area contributed by atoms with Crippen molar-refractivity contribution in [3.63, 3.8) is 0 Å². The zero-order chi connectivity index (χ0) is 10.6. The van der Waals surface area contributed by atoms with Gasteiger partial charge >= 0.3 is 12.1 Å². The van der Waals surface area contributed by atoms with E-state index in [0.29, 0.717) is 5.69 Å². The number of hydrogen-bond acceptors (Lipinski definition) is 2. The summed E-state index contributed by atoms with van der Waals surface area (Å²) in [7, 11) is 0. The molecule has 1 rings (SSSR count). The van der Waals surface area contributed by atoms with Crippen LogP contribution in [0, 0.1) is 0 Å². The molecule has 2 N–H and O–H groups in total. The molecule has 0 atom stereocenters. The number of halogens is 3. The fourth-order valence-corrected chi connectivity index (χ4v) is 0.721. The maximum atomic E-state index is 11.7. The molecule has 78 valence electrons. The van der Waals surface area contributed by atoms with Crippen molar-refractivity contribution in [1.82, 2.24) is 5.43 Å². The summed E-state index contributed by atoms with van der Waals surface area (Å²) in [4.78, 5) is 10.3. The lowest BCUT2D eigenvalue weighted by Crippen LogP contribution is -2.40. The van der Waals surface area contributed by atoms with Gasteiger partial charge in [0.25, 0.3) is 0 Å². The first-order valence-corrected chi connectivity index (χ1v) is 3.68. The molecule has 0 saturated carbocycles. The molecule has 14 heavy (non-hydrogen) atoms. The number of hydrazine groups is 1. The second-order valence-corrected chi connectivity index (χ2v) is 2.44. The Labute approximate surface area is 79.4 Å². The predicted molar refractivity (Wildman–Crippen MR) is 46.4 cm³/mol. The van der Waals surface area contributed by atoms with Crippen molar-refractivity contribution in [2.45, 2.75) is 6.18 Å². The summed E-state index contributed by atoms with van der Waals surface area (Å²) in [5.41, 5.74) is 4.04. The monoisotopic (exact) mass is 207 g/mol. The number of amides is 1. The second-order valence-electron chi connectivity index (χ2n) is 2.44. The normalized spacial score (nSPS) is 10.8. The molecule has 3 nitrogen and oxygen atoms in total. The molecule has 0 aromatic heterocycles. The Bertz CT molecular complexity index is 315. The summed E-state index contributed by atoms with van der Waals surface area (Å²) in [6.07, 6.45) is -4.87. The molecule has 0 heterocycles. The van der Waals surface area contributed by atoms with Crippen molar-refractivity contribution < 1.29 is 19.4 Å². The average molecular weight is 207 g/mol. The number of carbonyl (C=O) groups excluding carboxylic acids is 1. The first-order valence-electron chi connectivity index (χ1n) is 3.68. The number of benzene rings is 1. The molecule has 0 saturated heterocycles. The van der Waals surface area contributed by atoms with Crippen LogP contribution in [0.15, 0.2) is 30.3 Å². The molecule has 1 aromatic carbocycles. The van der Waals surface area contributed by atoms with Crippen molar-refractivity contribution >= 4 is 11.6 Å². The standard InChI is InChI=1S/C8H7F3N2O.H2/c9-8(10,11)7(14)13-12-6-4-2-1-3-5-6;/h1-5,12H,(H,13,14);1H/i;1+1. The first kappa shape index (κ1) is 10.4. The molecule has 1 aromatic rings. The lowest BCUT2D eigenvalue weighted by molar-refractivity contribution is -0.173. The molecule has 0 bridgehead atoms. The highest BCUT2D eigenvalue weighted by Crippen LogP contribution is 2.14. The third kappa shape index (κ3) is 2.96. The van der Waals surface area contributed by atoms with Crippen LogP contribution in [0.25, 0.3) is 0 Å². The van der Waals surface area contributed by atoms with Gasteiger partial charge in [0.15, 0.2) is 0 Å². The van der Waals surface area contributed by atoms with Gasteiger partial charge in [0, 0.05) is 1.43 Å². The third-order valence-corrected chi connectivity index (χ3v) is 1.35. The molecule has 1 amide bonds. The van der Waals surface area contributed by atoms with Gasteiger partial charge in [0.2, 0.25) is 0 Å². The SMILES string of the molecule is O=C(NNc1ccccc1)C(F)(F)F.[2HH]. The Kier molecular flexibility index (Phi) is 2.95. The molecular weight excluding hydrogens is 197 g/mol. The number of hydrogen-bond donors (Lipinski definition) is 2. The minimum atomic E-state index is -4.87. The summed E-state index contributed by atoms with van der Waals surface area (Å²) in [6.45, 7) is 0. The van der Waals surface area contributed by atoms with Crippen LogP contribution in [-0.4, -0.2) is 12.1 Å². The fourth-order valence-electron chi connectivity index (χ4n) is 0.721. The molecule has 0 unspecified atom stereocenters. The Balaban J connectivity index is 0.00000196. The molecule has 0 fully saturated rings. The van der Waals surface area contributed by atoms with Gasteiger partial charge in [-0.3, -0.25) is 15.6 Å². The number of anilines is 1. The van der Waals surface area contributed by atoms with E-state index in [2.05, 4.69) is 5.43 Å². The minimum Gasteiger partial charge on any atom is -0.298 e. The van der Waals surface area contributed by atoms with E-state index >= 15 is 0 Å². The van der Waals surface area contributed by atoms with E-state index in [1.165, 1.54) is 17.6 Å². The highest BCUT2D eigenvalue weighted by Gasteiger charge is 2.38. The van der Waals surface area contributed by atoms with Crippen LogP contribution in [0.3, 0.4) is 0 Å². The zero-order valence-corrected chi connectivity index (χ0v) is 6.93. The molecular formula is C8H9F3N2O. The van der Waals surface area contributed by atoms with Gasteiger partial charge in [-0.1, -0.05) is 18.2 Å². The van der Waals surface area contributed by atoms with Gasteiger partial charge in [-0.15, -0.1) is 0 Å². The van der Waals surface area contributed by atoms with Crippen LogP contribution >= 0.6 is 0 Å². The molecule has 0 aliphatic rings. The lowest BCUT2D eigenvalue weighted by Gasteiger charge is -2.09. The van der Waals surface area contributed by atoms with E-state index in [-0.39, 0.29) is 1.43 Å². The van der Waals surface area contributed by atoms with Crippen molar-refractivity contribution in [2.24, 2.45) is 0 Å². The van der Waals surface area contributed by atoms with Crippen LogP contribution in [0.1, 0.15) is 1.43 Å². The number of para-hydroxylation sites is 1. The minimum absolute atomic E-state index is 0. The maximum absolute atomic E-state index is 11.7. The molecule has 0 aliphatic carbocycles. The predicted octanol–water partition coefficient (Wildman–Crippen LogP) is 1.94. The maximum Gasteiger partial charge on any atom is 0.472 e. The summed E-state index contributed by atoms with van der Waals surface area (Å²) in [5.74, 6) is -2.03. The Hall–Kier alpha value is -1.72. The van der Waals surface area contributed by atoms with Gasteiger partial charge in [0.1, 0.15) is 0 Å². The van der Waals surface area contributed by atoms with E-state index in [9.17, 15) is 18.0 Å². The molecule has 0 radical (unpaired) electrons. The smallest absolute Gasteiger partial charge is 0.298 e. The van der Waals surface area contributed by atoms with Crippen molar-refractivity contribution in [3.8, 4) is 0 Å². The third-order valence-electron chi connectivity index (χ3n) is 1.35. The van der Waals surface area contributed by atoms with Crippen LogP contribution < -0.4 is 10.9 Å².